The van der Waals surface area contributed by atoms with Crippen molar-refractivity contribution in [1.29, 1.82) is 0 Å². The van der Waals surface area contributed by atoms with Gasteiger partial charge in [-0.3, -0.25) is 4.79 Å². The Kier molecular flexibility index (Phi) is 4.48. The van der Waals surface area contributed by atoms with E-state index in [1.54, 1.807) is 11.6 Å². The average Bonchev–Trinajstić information content (AvgIpc) is 3.35. The number of halogens is 2. The molecule has 28 heavy (non-hydrogen) atoms. The second-order valence-electron chi connectivity index (χ2n) is 7.02. The Morgan fingerprint density at radius 3 is 2.93 bits per heavy atom. The van der Waals surface area contributed by atoms with Crippen LogP contribution in [0.2, 0.25) is 0 Å². The van der Waals surface area contributed by atoms with Crippen molar-refractivity contribution in [2.75, 3.05) is 23.3 Å². The van der Waals surface area contributed by atoms with Gasteiger partial charge in [-0.2, -0.15) is 0 Å². The molecule has 1 amide bonds. The Labute approximate surface area is 167 Å². The molecule has 3 aromatic rings. The highest BCUT2D eigenvalue weighted by atomic mass is 32.1. The number of aromatic nitrogens is 2. The van der Waals surface area contributed by atoms with Crippen LogP contribution in [0, 0.1) is 0 Å². The molecule has 3 aliphatic heterocycles. The number of nitrogens with zero attached hydrogens (tertiary/aromatic N) is 3. The summed E-state index contributed by atoms with van der Waals surface area (Å²) in [5.41, 5.74) is 0.860. The number of hydrogen-bond donors (Lipinski definition) is 2. The lowest BCUT2D eigenvalue weighted by Gasteiger charge is -2.46. The third-order valence-electron chi connectivity index (χ3n) is 5.33. The van der Waals surface area contributed by atoms with Gasteiger partial charge in [0.25, 0.3) is 12.3 Å². The summed E-state index contributed by atoms with van der Waals surface area (Å²) in [4.78, 5) is 24.9. The molecule has 10 heteroatoms. The monoisotopic (exact) mass is 421 g/mol. The molecular weight excluding hydrogens is 404 g/mol. The molecular formula is C18H17F2N5OS2. The summed E-state index contributed by atoms with van der Waals surface area (Å²) in [6.07, 6.45) is 1.41. The zero-order valence-corrected chi connectivity index (χ0v) is 16.3. The first-order valence-corrected chi connectivity index (χ1v) is 10.8. The number of hydrogen-bond acceptors (Lipinski definition) is 7. The predicted molar refractivity (Wildman–Crippen MR) is 107 cm³/mol. The standard InChI is InChI=1S/C18H17F2N5OS2/c19-16(20)11-6-27-8-13(11)23-17(26)12-7-28-18-15(12)24-14(4-22-18)25-5-9-1-2-10(25)3-21-9/h4,6-10,16,21H,1-3,5H2,(H,23,26)/t9-,10-/m0/s1. The van der Waals surface area contributed by atoms with E-state index in [9.17, 15) is 13.6 Å². The molecule has 0 unspecified atom stereocenters. The van der Waals surface area contributed by atoms with Crippen LogP contribution in [0.4, 0.5) is 20.3 Å². The number of fused-ring (bicyclic) bond motifs is 4. The van der Waals surface area contributed by atoms with Crippen molar-refractivity contribution >= 4 is 50.4 Å². The van der Waals surface area contributed by atoms with Gasteiger partial charge in [-0.15, -0.1) is 22.7 Å². The van der Waals surface area contributed by atoms with Crippen molar-refractivity contribution in [1.82, 2.24) is 15.3 Å². The summed E-state index contributed by atoms with van der Waals surface area (Å²) in [5, 5.41) is 10.7. The highest BCUT2D eigenvalue weighted by Crippen LogP contribution is 2.33. The van der Waals surface area contributed by atoms with Crippen LogP contribution >= 0.6 is 22.7 Å². The number of thiophene rings is 2. The van der Waals surface area contributed by atoms with Crippen molar-refractivity contribution in [3.8, 4) is 0 Å². The van der Waals surface area contributed by atoms with Crippen molar-refractivity contribution in [3.05, 3.63) is 33.5 Å². The van der Waals surface area contributed by atoms with Crippen molar-refractivity contribution in [3.63, 3.8) is 0 Å². The molecule has 3 aliphatic rings. The van der Waals surface area contributed by atoms with Crippen molar-refractivity contribution < 1.29 is 13.6 Å². The maximum Gasteiger partial charge on any atom is 0.266 e. The first-order valence-electron chi connectivity index (χ1n) is 9.00. The first kappa shape index (κ1) is 17.9. The van der Waals surface area contributed by atoms with Crippen LogP contribution in [0.3, 0.4) is 0 Å². The smallest absolute Gasteiger partial charge is 0.266 e. The second-order valence-corrected chi connectivity index (χ2v) is 8.62. The largest absolute Gasteiger partial charge is 0.349 e. The van der Waals surface area contributed by atoms with Crippen LogP contribution in [0.15, 0.2) is 22.3 Å². The van der Waals surface area contributed by atoms with Gasteiger partial charge in [-0.25, -0.2) is 18.7 Å². The van der Waals surface area contributed by atoms with Crippen LogP contribution in [-0.4, -0.2) is 41.0 Å². The van der Waals surface area contributed by atoms with Gasteiger partial charge in [0.2, 0.25) is 0 Å². The normalized spacial score (nSPS) is 21.6. The Hall–Kier alpha value is -2.17. The molecule has 6 nitrogen and oxygen atoms in total. The third-order valence-corrected chi connectivity index (χ3v) is 6.97. The summed E-state index contributed by atoms with van der Waals surface area (Å²) in [6.45, 7) is 1.80. The number of alkyl halides is 2. The van der Waals surface area contributed by atoms with Gasteiger partial charge in [0.05, 0.1) is 23.0 Å². The van der Waals surface area contributed by atoms with E-state index < -0.39 is 12.3 Å². The van der Waals surface area contributed by atoms with Gasteiger partial charge in [0.15, 0.2) is 0 Å². The molecule has 2 N–H and O–H groups in total. The molecule has 2 bridgehead atoms. The lowest BCUT2D eigenvalue weighted by molar-refractivity contribution is 0.102. The molecule has 0 aliphatic carbocycles. The van der Waals surface area contributed by atoms with Gasteiger partial charge in [-0.05, 0) is 12.8 Å². The van der Waals surface area contributed by atoms with E-state index in [1.807, 2.05) is 0 Å². The number of amides is 1. The highest BCUT2D eigenvalue weighted by Gasteiger charge is 2.34. The predicted octanol–water partition coefficient (Wildman–Crippen LogP) is 3.88. The average molecular weight is 421 g/mol. The molecule has 3 aromatic heterocycles. The van der Waals surface area contributed by atoms with Crippen LogP contribution < -0.4 is 15.5 Å². The lowest BCUT2D eigenvalue weighted by atomic mass is 9.93. The highest BCUT2D eigenvalue weighted by molar-refractivity contribution is 7.17. The SMILES string of the molecule is O=C(Nc1cscc1C(F)F)c1csc2ncc(N3C[C@@H]4CC[C@H]3CN4)nc12. The zero-order chi connectivity index (χ0) is 19.3. The molecule has 0 spiro atoms. The maximum atomic E-state index is 13.1. The third kappa shape index (κ3) is 3.05. The Morgan fingerprint density at radius 2 is 2.21 bits per heavy atom. The van der Waals surface area contributed by atoms with E-state index in [0.717, 1.165) is 43.1 Å². The van der Waals surface area contributed by atoms with Gasteiger partial charge >= 0.3 is 0 Å². The molecule has 3 saturated heterocycles. The Bertz CT molecular complexity index is 1030. The maximum absolute atomic E-state index is 13.1. The van der Waals surface area contributed by atoms with E-state index in [2.05, 4.69) is 20.5 Å². The fraction of sp³-hybridized carbons (Fsp3) is 0.389. The number of anilines is 2. The number of carbonyl (C=O) groups is 1. The molecule has 3 fully saturated rings. The van der Waals surface area contributed by atoms with E-state index in [0.29, 0.717) is 28.0 Å². The Balaban J connectivity index is 1.45. The lowest BCUT2D eigenvalue weighted by Crippen LogP contribution is -2.61. The molecule has 6 rings (SSSR count). The topological polar surface area (TPSA) is 70.2 Å². The molecule has 0 radical (unpaired) electrons. The summed E-state index contributed by atoms with van der Waals surface area (Å²) in [7, 11) is 0. The quantitative estimate of drug-likeness (QED) is 0.669. The molecule has 2 atom stereocenters. The van der Waals surface area contributed by atoms with E-state index in [1.165, 1.54) is 22.1 Å². The summed E-state index contributed by atoms with van der Waals surface area (Å²) < 4.78 is 26.1. The molecule has 0 saturated carbocycles. The number of piperazine rings is 1. The van der Waals surface area contributed by atoms with Gasteiger partial charge in [0, 0.05) is 41.3 Å². The van der Waals surface area contributed by atoms with Crippen LogP contribution in [0.1, 0.15) is 35.2 Å². The fourth-order valence-electron chi connectivity index (χ4n) is 3.86. The fourth-order valence-corrected chi connectivity index (χ4v) is 5.46. The number of nitrogens with one attached hydrogen (secondary N) is 2. The van der Waals surface area contributed by atoms with E-state index in [-0.39, 0.29) is 11.3 Å². The molecule has 0 aromatic carbocycles. The minimum Gasteiger partial charge on any atom is -0.349 e. The van der Waals surface area contributed by atoms with Crippen LogP contribution in [-0.2, 0) is 0 Å². The van der Waals surface area contributed by atoms with Crippen LogP contribution in [0.5, 0.6) is 0 Å². The number of rotatable bonds is 4. The number of piperidine rings is 2. The van der Waals surface area contributed by atoms with Gasteiger partial charge < -0.3 is 15.5 Å². The molecule has 146 valence electrons. The molecule has 6 heterocycles. The second kappa shape index (κ2) is 7.02. The first-order chi connectivity index (χ1) is 13.6. The van der Waals surface area contributed by atoms with Crippen molar-refractivity contribution in [2.24, 2.45) is 0 Å². The summed E-state index contributed by atoms with van der Waals surface area (Å²) in [6, 6.07) is 0.839. The van der Waals surface area contributed by atoms with E-state index in [4.69, 9.17) is 4.98 Å². The Morgan fingerprint density at radius 1 is 1.32 bits per heavy atom. The zero-order valence-electron chi connectivity index (χ0n) is 14.7. The van der Waals surface area contributed by atoms with Gasteiger partial charge in [-0.1, -0.05) is 0 Å². The van der Waals surface area contributed by atoms with Gasteiger partial charge in [0.1, 0.15) is 16.2 Å². The number of carbonyl (C=O) groups excluding carboxylic acids is 1. The van der Waals surface area contributed by atoms with Crippen molar-refractivity contribution in [2.45, 2.75) is 31.4 Å². The summed E-state index contributed by atoms with van der Waals surface area (Å²) in [5.74, 6) is 0.319. The van der Waals surface area contributed by atoms with E-state index >= 15 is 0 Å². The van der Waals surface area contributed by atoms with Crippen LogP contribution in [0.25, 0.3) is 10.3 Å². The minimum atomic E-state index is -2.63. The summed E-state index contributed by atoms with van der Waals surface area (Å²) >= 11 is 2.46. The minimum absolute atomic E-state index is 0.146.